The van der Waals surface area contributed by atoms with Crippen LogP contribution >= 0.6 is 0 Å². The van der Waals surface area contributed by atoms with Crippen molar-refractivity contribution >= 4 is 27.7 Å². The summed E-state index contributed by atoms with van der Waals surface area (Å²) in [7, 11) is 1.69. The number of hydrogen-bond donors (Lipinski definition) is 1. The van der Waals surface area contributed by atoms with Gasteiger partial charge in [-0.3, -0.25) is 14.6 Å². The number of pyridine rings is 1. The molecule has 30 heavy (non-hydrogen) atoms. The summed E-state index contributed by atoms with van der Waals surface area (Å²) in [5.41, 5.74) is 3.26. The first-order chi connectivity index (χ1) is 14.6. The first-order valence-corrected chi connectivity index (χ1v) is 9.82. The standard InChI is InChI=1S/C23H20N4O3/c1-27-13-26-20-8-15(4-5-18(20)23(27)29)16-9-19-17(3-2-6-24-19)21(10-16)30-12-14-7-22(28)25-11-14/h2-6,8-10,13-14H,7,11-12H2,1H3,(H,25,28). The molecule has 3 heterocycles. The second-order valence-electron chi connectivity index (χ2n) is 7.62. The highest BCUT2D eigenvalue weighted by Crippen LogP contribution is 2.33. The Hall–Kier alpha value is -3.74. The number of hydrogen-bond acceptors (Lipinski definition) is 5. The van der Waals surface area contributed by atoms with E-state index in [1.807, 2.05) is 36.4 Å². The number of rotatable bonds is 4. The van der Waals surface area contributed by atoms with E-state index in [1.165, 1.54) is 10.9 Å². The highest BCUT2D eigenvalue weighted by Gasteiger charge is 2.22. The van der Waals surface area contributed by atoms with Crippen LogP contribution in [0.15, 0.2) is 59.8 Å². The summed E-state index contributed by atoms with van der Waals surface area (Å²) < 4.78 is 7.60. The van der Waals surface area contributed by atoms with E-state index in [0.717, 1.165) is 27.8 Å². The molecule has 1 amide bonds. The van der Waals surface area contributed by atoms with Gasteiger partial charge in [0, 0.05) is 37.5 Å². The monoisotopic (exact) mass is 400 g/mol. The number of amides is 1. The fourth-order valence-electron chi connectivity index (χ4n) is 3.82. The molecule has 7 heteroatoms. The van der Waals surface area contributed by atoms with Crippen molar-refractivity contribution in [3.8, 4) is 16.9 Å². The van der Waals surface area contributed by atoms with Gasteiger partial charge in [0.2, 0.25) is 5.91 Å². The van der Waals surface area contributed by atoms with Crippen LogP contribution in [0.4, 0.5) is 0 Å². The molecule has 1 aliphatic heterocycles. The number of aromatic nitrogens is 3. The maximum Gasteiger partial charge on any atom is 0.260 e. The van der Waals surface area contributed by atoms with Gasteiger partial charge in [-0.1, -0.05) is 6.07 Å². The Morgan fingerprint density at radius 1 is 1.07 bits per heavy atom. The van der Waals surface area contributed by atoms with E-state index in [4.69, 9.17) is 4.74 Å². The molecule has 0 bridgehead atoms. The molecule has 2 aromatic carbocycles. The van der Waals surface area contributed by atoms with Crippen LogP contribution in [0, 0.1) is 5.92 Å². The van der Waals surface area contributed by atoms with E-state index in [2.05, 4.69) is 15.3 Å². The molecule has 0 aliphatic carbocycles. The van der Waals surface area contributed by atoms with Gasteiger partial charge in [0.1, 0.15) is 5.75 Å². The summed E-state index contributed by atoms with van der Waals surface area (Å²) in [5.74, 6) is 0.958. The summed E-state index contributed by atoms with van der Waals surface area (Å²) in [5, 5.41) is 4.34. The summed E-state index contributed by atoms with van der Waals surface area (Å²) >= 11 is 0. The minimum absolute atomic E-state index is 0.0682. The van der Waals surface area contributed by atoms with Crippen molar-refractivity contribution < 1.29 is 9.53 Å². The normalized spacial score (nSPS) is 16.2. The lowest BCUT2D eigenvalue weighted by Gasteiger charge is -2.14. The van der Waals surface area contributed by atoms with Gasteiger partial charge in [0.15, 0.2) is 0 Å². The molecule has 1 unspecified atom stereocenters. The first-order valence-electron chi connectivity index (χ1n) is 9.82. The highest BCUT2D eigenvalue weighted by atomic mass is 16.5. The summed E-state index contributed by atoms with van der Waals surface area (Å²) in [6, 6.07) is 13.5. The second kappa shape index (κ2) is 7.26. The Morgan fingerprint density at radius 2 is 1.90 bits per heavy atom. The van der Waals surface area contributed by atoms with Gasteiger partial charge >= 0.3 is 0 Å². The fourth-order valence-corrected chi connectivity index (χ4v) is 3.82. The number of aryl methyl sites for hydroxylation is 1. The van der Waals surface area contributed by atoms with Gasteiger partial charge in [0.25, 0.3) is 5.56 Å². The average Bonchev–Trinajstić information content (AvgIpc) is 3.19. The Balaban J connectivity index is 1.56. The van der Waals surface area contributed by atoms with Crippen molar-refractivity contribution in [2.45, 2.75) is 6.42 Å². The zero-order chi connectivity index (χ0) is 20.7. The molecule has 150 valence electrons. The molecule has 7 nitrogen and oxygen atoms in total. The molecule has 2 aromatic heterocycles. The van der Waals surface area contributed by atoms with Crippen molar-refractivity contribution in [2.24, 2.45) is 13.0 Å². The highest BCUT2D eigenvalue weighted by molar-refractivity contribution is 5.92. The summed E-state index contributed by atoms with van der Waals surface area (Å²) in [4.78, 5) is 32.6. The Bertz CT molecular complexity index is 1350. The lowest BCUT2D eigenvalue weighted by Crippen LogP contribution is -2.17. The van der Waals surface area contributed by atoms with Crippen LogP contribution in [0.5, 0.6) is 5.75 Å². The SMILES string of the molecule is Cn1cnc2cc(-c3cc(OCC4CNC(=O)C4)c4cccnc4c3)ccc2c1=O. The number of carbonyl (C=O) groups is 1. The molecule has 1 saturated heterocycles. The molecule has 0 spiro atoms. The number of ether oxygens (including phenoxy) is 1. The largest absolute Gasteiger partial charge is 0.492 e. The van der Waals surface area contributed by atoms with E-state index >= 15 is 0 Å². The van der Waals surface area contributed by atoms with E-state index in [0.29, 0.717) is 30.5 Å². The molecular formula is C23H20N4O3. The van der Waals surface area contributed by atoms with Gasteiger partial charge in [-0.25, -0.2) is 4.98 Å². The maximum absolute atomic E-state index is 12.3. The Kier molecular flexibility index (Phi) is 4.43. The number of benzene rings is 2. The van der Waals surface area contributed by atoms with Crippen LogP contribution in [0.25, 0.3) is 32.9 Å². The zero-order valence-corrected chi connectivity index (χ0v) is 16.5. The van der Waals surface area contributed by atoms with Crippen molar-refractivity contribution in [1.29, 1.82) is 0 Å². The van der Waals surface area contributed by atoms with Crippen molar-refractivity contribution in [3.05, 3.63) is 65.3 Å². The third-order valence-corrected chi connectivity index (χ3v) is 5.47. The van der Waals surface area contributed by atoms with Crippen LogP contribution in [0.1, 0.15) is 6.42 Å². The molecule has 1 aliphatic rings. The molecule has 5 rings (SSSR count). The number of nitrogens with one attached hydrogen (secondary N) is 1. The molecule has 1 N–H and O–H groups in total. The van der Waals surface area contributed by atoms with Gasteiger partial charge in [-0.15, -0.1) is 0 Å². The molecule has 1 atom stereocenters. The van der Waals surface area contributed by atoms with Gasteiger partial charge in [-0.2, -0.15) is 0 Å². The predicted molar refractivity (Wildman–Crippen MR) is 114 cm³/mol. The molecule has 4 aromatic rings. The fraction of sp³-hybridized carbons (Fsp3) is 0.217. The van der Waals surface area contributed by atoms with Gasteiger partial charge < -0.3 is 14.6 Å². The lowest BCUT2D eigenvalue weighted by molar-refractivity contribution is -0.119. The smallest absolute Gasteiger partial charge is 0.260 e. The Morgan fingerprint density at radius 3 is 2.73 bits per heavy atom. The van der Waals surface area contributed by atoms with Crippen LogP contribution in [-0.2, 0) is 11.8 Å². The summed E-state index contributed by atoms with van der Waals surface area (Å²) in [6.45, 7) is 1.10. The predicted octanol–water partition coefficient (Wildman–Crippen LogP) is 2.66. The number of nitrogens with zero attached hydrogens (tertiary/aromatic N) is 3. The second-order valence-corrected chi connectivity index (χ2v) is 7.62. The molecular weight excluding hydrogens is 380 g/mol. The van der Waals surface area contributed by atoms with Crippen molar-refractivity contribution in [2.75, 3.05) is 13.2 Å². The van der Waals surface area contributed by atoms with Crippen LogP contribution in [0.3, 0.4) is 0 Å². The quantitative estimate of drug-likeness (QED) is 0.569. The van der Waals surface area contributed by atoms with E-state index in [-0.39, 0.29) is 17.4 Å². The Labute approximate surface area is 172 Å². The van der Waals surface area contributed by atoms with Crippen LogP contribution in [0.2, 0.25) is 0 Å². The zero-order valence-electron chi connectivity index (χ0n) is 16.5. The first kappa shape index (κ1) is 18.3. The topological polar surface area (TPSA) is 86.1 Å². The minimum Gasteiger partial charge on any atom is -0.492 e. The molecule has 1 fully saturated rings. The average molecular weight is 400 g/mol. The van der Waals surface area contributed by atoms with E-state index in [1.54, 1.807) is 19.3 Å². The van der Waals surface area contributed by atoms with Crippen molar-refractivity contribution in [1.82, 2.24) is 19.9 Å². The molecule has 0 radical (unpaired) electrons. The van der Waals surface area contributed by atoms with Gasteiger partial charge in [-0.05, 0) is 47.5 Å². The van der Waals surface area contributed by atoms with Gasteiger partial charge in [0.05, 0.1) is 29.4 Å². The number of carbonyl (C=O) groups excluding carboxylic acids is 1. The minimum atomic E-state index is -0.0736. The third kappa shape index (κ3) is 3.28. The van der Waals surface area contributed by atoms with E-state index in [9.17, 15) is 9.59 Å². The maximum atomic E-state index is 12.3. The van der Waals surface area contributed by atoms with E-state index < -0.39 is 0 Å². The molecule has 0 saturated carbocycles. The summed E-state index contributed by atoms with van der Waals surface area (Å²) in [6.07, 6.45) is 3.77. The lowest BCUT2D eigenvalue weighted by atomic mass is 10.0. The van der Waals surface area contributed by atoms with Crippen molar-refractivity contribution in [3.63, 3.8) is 0 Å². The third-order valence-electron chi connectivity index (χ3n) is 5.47. The van der Waals surface area contributed by atoms with Crippen LogP contribution in [-0.4, -0.2) is 33.6 Å². The van der Waals surface area contributed by atoms with Crippen LogP contribution < -0.4 is 15.6 Å². The number of fused-ring (bicyclic) bond motifs is 2.